The van der Waals surface area contributed by atoms with Crippen molar-refractivity contribution in [1.29, 1.82) is 0 Å². The van der Waals surface area contributed by atoms with Crippen LogP contribution in [0.4, 0.5) is 11.4 Å². The molecule has 11 nitrogen and oxygen atoms in total. The van der Waals surface area contributed by atoms with Gasteiger partial charge < -0.3 is 36.3 Å². The summed E-state index contributed by atoms with van der Waals surface area (Å²) in [5.74, 6) is 0.511. The molecule has 4 aromatic carbocycles. The number of hydrogen-bond acceptors (Lipinski definition) is 8. The Hall–Kier alpha value is -5.07. The summed E-state index contributed by atoms with van der Waals surface area (Å²) in [6.45, 7) is 7.13. The summed E-state index contributed by atoms with van der Waals surface area (Å²) in [6.07, 6.45) is 8.09. The van der Waals surface area contributed by atoms with Crippen LogP contribution >= 0.6 is 0 Å². The van der Waals surface area contributed by atoms with Gasteiger partial charge >= 0.3 is 0 Å². The number of amides is 3. The highest BCUT2D eigenvalue weighted by Gasteiger charge is 2.44. The lowest BCUT2D eigenvalue weighted by Crippen LogP contribution is -2.61. The van der Waals surface area contributed by atoms with Crippen LogP contribution in [0.15, 0.2) is 97.1 Å². The molecule has 1 saturated carbocycles. The molecule has 0 unspecified atom stereocenters. The minimum Gasteiger partial charge on any atom is -0.397 e. The van der Waals surface area contributed by atoms with Crippen LogP contribution in [0.5, 0.6) is 0 Å². The Morgan fingerprint density at radius 3 is 2.23 bits per heavy atom. The number of benzene rings is 4. The second-order valence-corrected chi connectivity index (χ2v) is 18.4. The van der Waals surface area contributed by atoms with Gasteiger partial charge in [0.15, 0.2) is 6.29 Å². The first-order valence-electron chi connectivity index (χ1n) is 22.6. The van der Waals surface area contributed by atoms with Gasteiger partial charge in [0.05, 0.1) is 36.2 Å². The Kier molecular flexibility index (Phi) is 15.1. The fourth-order valence-electron chi connectivity index (χ4n) is 9.45. The quantitative estimate of drug-likeness (QED) is 0.0588. The second-order valence-electron chi connectivity index (χ2n) is 18.4. The number of carbonyl (C=O) groups excluding carboxylic acids is 3. The fraction of sp³-hybridized carbons (Fsp3) is 0.471. The topological polar surface area (TPSA) is 155 Å². The van der Waals surface area contributed by atoms with Crippen molar-refractivity contribution in [3.8, 4) is 11.1 Å². The molecule has 1 aliphatic carbocycles. The number of nitrogens with one attached hydrogen (secondary N) is 3. The summed E-state index contributed by atoms with van der Waals surface area (Å²) < 4.78 is 13.6. The van der Waals surface area contributed by atoms with Gasteiger partial charge in [-0.1, -0.05) is 97.8 Å². The highest BCUT2D eigenvalue weighted by molar-refractivity contribution is 5.93. The first-order chi connectivity index (χ1) is 29.9. The SMILES string of the molecule is CC(C)(C)NC(=O)[C@H]1CC[C@H]2CCCC[C@H]2N1C[C@H]1C[C@@H](c2ccc(CO)cc2)O[C@@H](c2ccc(-c3ccccc3CNC(=O)CCCCC(=O)Nc3ccccc3N)cc2)O1. The summed E-state index contributed by atoms with van der Waals surface area (Å²) in [4.78, 5) is 41.6. The molecule has 2 heterocycles. The number of carbonyl (C=O) groups is 3. The number of rotatable bonds is 15. The number of ether oxygens (including phenoxy) is 2. The molecule has 7 rings (SSSR count). The van der Waals surface area contributed by atoms with E-state index in [1.165, 1.54) is 19.3 Å². The third kappa shape index (κ3) is 11.9. The molecule has 6 N–H and O–H groups in total. The van der Waals surface area contributed by atoms with Crippen molar-refractivity contribution >= 4 is 29.1 Å². The van der Waals surface area contributed by atoms with Gasteiger partial charge in [0.2, 0.25) is 17.7 Å². The lowest BCUT2D eigenvalue weighted by Gasteiger charge is -2.50. The zero-order valence-electron chi connectivity index (χ0n) is 36.6. The summed E-state index contributed by atoms with van der Waals surface area (Å²) >= 11 is 0. The fourth-order valence-corrected chi connectivity index (χ4v) is 9.45. The van der Waals surface area contributed by atoms with E-state index in [9.17, 15) is 19.5 Å². The van der Waals surface area contributed by atoms with Crippen LogP contribution in [0.3, 0.4) is 0 Å². The van der Waals surface area contributed by atoms with Crippen LogP contribution in [-0.2, 0) is 37.0 Å². The summed E-state index contributed by atoms with van der Waals surface area (Å²) in [5, 5.41) is 18.9. The number of nitrogens with zero attached hydrogens (tertiary/aromatic N) is 1. The highest BCUT2D eigenvalue weighted by Crippen LogP contribution is 2.42. The number of fused-ring (bicyclic) bond motifs is 1. The number of anilines is 2. The molecule has 2 saturated heterocycles. The van der Waals surface area contributed by atoms with Gasteiger partial charge in [-0.25, -0.2) is 0 Å². The van der Waals surface area contributed by atoms with Crippen molar-refractivity contribution < 1.29 is 29.0 Å². The molecule has 62 heavy (non-hydrogen) atoms. The molecule has 3 aliphatic rings. The minimum atomic E-state index is -0.629. The van der Waals surface area contributed by atoms with E-state index in [1.807, 2.05) is 75.4 Å². The Labute approximate surface area is 367 Å². The van der Waals surface area contributed by atoms with E-state index in [0.717, 1.165) is 52.6 Å². The van der Waals surface area contributed by atoms with Crippen LogP contribution in [0, 0.1) is 5.92 Å². The van der Waals surface area contributed by atoms with Gasteiger partial charge in [-0.05, 0) is 105 Å². The van der Waals surface area contributed by atoms with Gasteiger partial charge in [-0.15, -0.1) is 0 Å². The number of nitrogens with two attached hydrogens (primary N) is 1. The monoisotopic (exact) mass is 843 g/mol. The van der Waals surface area contributed by atoms with Crippen LogP contribution in [0.25, 0.3) is 11.1 Å². The van der Waals surface area contributed by atoms with Gasteiger partial charge in [0.1, 0.15) is 0 Å². The second kappa shape index (κ2) is 20.9. The van der Waals surface area contributed by atoms with E-state index in [0.29, 0.717) is 68.5 Å². The van der Waals surface area contributed by atoms with E-state index in [2.05, 4.69) is 51.2 Å². The van der Waals surface area contributed by atoms with E-state index in [-0.39, 0.29) is 48.1 Å². The molecular formula is C51H65N5O6. The number of piperidine rings is 1. The number of nitrogen functional groups attached to an aromatic ring is 1. The molecule has 3 amide bonds. The van der Waals surface area contributed by atoms with Crippen LogP contribution in [0.2, 0.25) is 0 Å². The summed E-state index contributed by atoms with van der Waals surface area (Å²) in [7, 11) is 0. The predicted molar refractivity (Wildman–Crippen MR) is 243 cm³/mol. The maximum atomic E-state index is 13.9. The van der Waals surface area contributed by atoms with Gasteiger partial charge in [0, 0.05) is 49.5 Å². The van der Waals surface area contributed by atoms with Crippen molar-refractivity contribution in [1.82, 2.24) is 15.5 Å². The average Bonchev–Trinajstić information content (AvgIpc) is 3.27. The van der Waals surface area contributed by atoms with E-state index >= 15 is 0 Å². The van der Waals surface area contributed by atoms with Crippen LogP contribution in [-0.4, -0.2) is 58.0 Å². The van der Waals surface area contributed by atoms with Crippen molar-refractivity contribution in [3.63, 3.8) is 0 Å². The predicted octanol–water partition coefficient (Wildman–Crippen LogP) is 8.73. The molecule has 0 aromatic heterocycles. The van der Waals surface area contributed by atoms with Crippen molar-refractivity contribution in [2.24, 2.45) is 5.92 Å². The van der Waals surface area contributed by atoms with Crippen molar-refractivity contribution in [2.45, 2.75) is 141 Å². The lowest BCUT2D eigenvalue weighted by atomic mass is 9.75. The molecule has 6 atom stereocenters. The van der Waals surface area contributed by atoms with Gasteiger partial charge in [0.25, 0.3) is 0 Å². The smallest absolute Gasteiger partial charge is 0.237 e. The first-order valence-corrected chi connectivity index (χ1v) is 22.6. The molecule has 2 aliphatic heterocycles. The largest absolute Gasteiger partial charge is 0.397 e. The molecule has 3 fully saturated rings. The van der Waals surface area contributed by atoms with Crippen LogP contribution in [0.1, 0.15) is 126 Å². The normalized spacial score (nSPS) is 22.9. The number of hydrogen-bond donors (Lipinski definition) is 5. The number of unbranched alkanes of at least 4 members (excludes halogenated alkanes) is 1. The number of aliphatic hydroxyl groups is 1. The number of aliphatic hydroxyl groups excluding tert-OH is 1. The van der Waals surface area contributed by atoms with Gasteiger partial charge in [-0.2, -0.15) is 0 Å². The minimum absolute atomic E-state index is 0.0223. The molecular weight excluding hydrogens is 779 g/mol. The zero-order valence-corrected chi connectivity index (χ0v) is 36.6. The van der Waals surface area contributed by atoms with Crippen LogP contribution < -0.4 is 21.7 Å². The molecule has 0 spiro atoms. The molecule has 11 heteroatoms. The number of likely N-dealkylation sites (tertiary alicyclic amines) is 1. The highest BCUT2D eigenvalue weighted by atomic mass is 16.7. The Morgan fingerprint density at radius 1 is 0.790 bits per heavy atom. The lowest BCUT2D eigenvalue weighted by molar-refractivity contribution is -0.255. The molecule has 0 bridgehead atoms. The Balaban J connectivity index is 1.01. The summed E-state index contributed by atoms with van der Waals surface area (Å²) in [5.41, 5.74) is 12.5. The van der Waals surface area contributed by atoms with Gasteiger partial charge in [-0.3, -0.25) is 19.3 Å². The van der Waals surface area contributed by atoms with E-state index in [1.54, 1.807) is 12.1 Å². The first kappa shape index (κ1) is 45.0. The third-order valence-corrected chi connectivity index (χ3v) is 12.6. The maximum absolute atomic E-state index is 13.9. The third-order valence-electron chi connectivity index (χ3n) is 12.6. The van der Waals surface area contributed by atoms with Crippen molar-refractivity contribution in [2.75, 3.05) is 17.6 Å². The molecule has 4 aromatic rings. The Bertz CT molecular complexity index is 2120. The summed E-state index contributed by atoms with van der Waals surface area (Å²) in [6, 6.07) is 31.6. The molecule has 0 radical (unpaired) electrons. The Morgan fingerprint density at radius 2 is 1.48 bits per heavy atom. The standard InChI is InChI=1S/C51H65N5O6/c1-51(2,3)55-49(60)45-29-28-36-12-5-9-17-44(36)56(45)32-40-30-46(37-22-20-34(33-57)21-23-37)62-50(61-40)38-26-24-35(25-27-38)41-14-6-4-13-39(41)31-53-47(58)18-10-11-19-48(59)54-43-16-8-7-15-42(43)52/h4,6-8,13-16,20-27,36,40,44-46,50,57H,5,9-12,17-19,28-33,52H2,1-3H3,(H,53,58)(H,54,59)(H,55,60)/t36-,40-,44-,45-,46+,50+/m1/s1. The molecule has 330 valence electrons. The van der Waals surface area contributed by atoms with Crippen molar-refractivity contribution in [3.05, 3.63) is 119 Å². The maximum Gasteiger partial charge on any atom is 0.237 e. The van der Waals surface area contributed by atoms with E-state index in [4.69, 9.17) is 15.2 Å². The average molecular weight is 844 g/mol. The van der Waals surface area contributed by atoms with E-state index < -0.39 is 6.29 Å². The zero-order chi connectivity index (χ0) is 43.6. The number of para-hydroxylation sites is 2.